The molecule has 1 fully saturated rings. The van der Waals surface area contributed by atoms with Gasteiger partial charge in [0.15, 0.2) is 0 Å². The molecule has 2 aromatic heterocycles. The summed E-state index contributed by atoms with van der Waals surface area (Å²) in [5, 5.41) is 13.2. The Labute approximate surface area is 128 Å². The molecule has 0 aromatic carbocycles. The van der Waals surface area contributed by atoms with Crippen LogP contribution in [0.4, 0.5) is 11.6 Å². The van der Waals surface area contributed by atoms with Crippen molar-refractivity contribution >= 4 is 23.2 Å². The molecule has 1 aliphatic heterocycles. The van der Waals surface area contributed by atoms with Crippen molar-refractivity contribution in [1.82, 2.24) is 9.97 Å². The van der Waals surface area contributed by atoms with E-state index in [1.54, 1.807) is 18.5 Å². The fraction of sp³-hybridized carbons (Fsp3) is 0.333. The molecule has 2 N–H and O–H groups in total. The van der Waals surface area contributed by atoms with Gasteiger partial charge < -0.3 is 15.3 Å². The Bertz CT molecular complexity index is 622. The van der Waals surface area contributed by atoms with Crippen LogP contribution in [0, 0.1) is 0 Å². The number of aliphatic hydroxyl groups excluding tert-OH is 1. The molecule has 2 aromatic rings. The minimum atomic E-state index is 0.0253. The fourth-order valence-electron chi connectivity index (χ4n) is 2.54. The summed E-state index contributed by atoms with van der Waals surface area (Å²) in [6, 6.07) is 7.67. The Morgan fingerprint density at radius 1 is 1.33 bits per heavy atom. The van der Waals surface area contributed by atoms with Crippen molar-refractivity contribution in [3.05, 3.63) is 47.2 Å². The van der Waals surface area contributed by atoms with Gasteiger partial charge in [0.05, 0.1) is 11.6 Å². The third-order valence-electron chi connectivity index (χ3n) is 3.59. The van der Waals surface area contributed by atoms with E-state index in [-0.39, 0.29) is 6.61 Å². The lowest BCUT2D eigenvalue weighted by molar-refractivity contribution is 0.282. The van der Waals surface area contributed by atoms with Crippen LogP contribution in [0.5, 0.6) is 0 Å². The molecule has 0 bridgehead atoms. The normalized spacial score (nSPS) is 18.0. The summed E-state index contributed by atoms with van der Waals surface area (Å²) in [5.41, 5.74) is 0.857. The highest BCUT2D eigenvalue weighted by atomic mass is 35.5. The first-order chi connectivity index (χ1) is 10.3. The molecule has 0 spiro atoms. The van der Waals surface area contributed by atoms with Crippen molar-refractivity contribution in [2.75, 3.05) is 23.3 Å². The lowest BCUT2D eigenvalue weighted by Crippen LogP contribution is -2.27. The predicted octanol–water partition coefficient (Wildman–Crippen LogP) is 2.31. The van der Waals surface area contributed by atoms with Crippen LogP contribution in [0.15, 0.2) is 36.7 Å². The standard InChI is InChI=1S/C15H17ClN4O/c16-13-2-1-5-18-15(13)20-7-4-12(9-20)19-14-8-11(10-21)3-6-17-14/h1-3,5-6,8,12,21H,4,7,9-10H2,(H,17,19). The number of rotatable bonds is 4. The van der Waals surface area contributed by atoms with Crippen molar-refractivity contribution in [2.24, 2.45) is 0 Å². The number of nitrogens with one attached hydrogen (secondary N) is 1. The molecule has 6 heteroatoms. The first kappa shape index (κ1) is 14.1. The molecule has 110 valence electrons. The molecule has 1 saturated heterocycles. The monoisotopic (exact) mass is 304 g/mol. The fourth-order valence-corrected chi connectivity index (χ4v) is 2.78. The van der Waals surface area contributed by atoms with Crippen LogP contribution in [0.2, 0.25) is 5.02 Å². The molecular weight excluding hydrogens is 288 g/mol. The summed E-state index contributed by atoms with van der Waals surface area (Å²) in [6.07, 6.45) is 4.46. The first-order valence-corrected chi connectivity index (χ1v) is 7.32. The van der Waals surface area contributed by atoms with Gasteiger partial charge in [0.1, 0.15) is 11.6 Å². The first-order valence-electron chi connectivity index (χ1n) is 6.94. The number of pyridine rings is 2. The van der Waals surface area contributed by atoms with Gasteiger partial charge in [-0.3, -0.25) is 0 Å². The second-order valence-corrected chi connectivity index (χ2v) is 5.50. The Hall–Kier alpha value is -1.85. The molecule has 21 heavy (non-hydrogen) atoms. The highest BCUT2D eigenvalue weighted by Crippen LogP contribution is 2.26. The second-order valence-electron chi connectivity index (χ2n) is 5.09. The smallest absolute Gasteiger partial charge is 0.147 e. The van der Waals surface area contributed by atoms with Crippen molar-refractivity contribution in [2.45, 2.75) is 19.1 Å². The highest BCUT2D eigenvalue weighted by Gasteiger charge is 2.24. The molecule has 5 nitrogen and oxygen atoms in total. The van der Waals surface area contributed by atoms with E-state index in [1.165, 1.54) is 0 Å². The maximum atomic E-state index is 9.16. The number of anilines is 2. The van der Waals surface area contributed by atoms with E-state index in [4.69, 9.17) is 16.7 Å². The zero-order chi connectivity index (χ0) is 14.7. The molecule has 0 saturated carbocycles. The molecule has 0 radical (unpaired) electrons. The Morgan fingerprint density at radius 3 is 3.05 bits per heavy atom. The van der Waals surface area contributed by atoms with Gasteiger partial charge in [-0.05, 0) is 36.2 Å². The number of nitrogens with zero attached hydrogens (tertiary/aromatic N) is 3. The topological polar surface area (TPSA) is 61.3 Å². The summed E-state index contributed by atoms with van der Waals surface area (Å²) >= 11 is 6.19. The van der Waals surface area contributed by atoms with Crippen LogP contribution in [-0.4, -0.2) is 34.2 Å². The van der Waals surface area contributed by atoms with Gasteiger partial charge in [-0.2, -0.15) is 0 Å². The number of aromatic nitrogens is 2. The van der Waals surface area contributed by atoms with Crippen molar-refractivity contribution in [1.29, 1.82) is 0 Å². The third kappa shape index (κ3) is 3.25. The van der Waals surface area contributed by atoms with Crippen LogP contribution in [0.3, 0.4) is 0 Å². The van der Waals surface area contributed by atoms with Crippen LogP contribution < -0.4 is 10.2 Å². The molecule has 1 aliphatic rings. The summed E-state index contributed by atoms with van der Waals surface area (Å²) in [5.74, 6) is 1.63. The largest absolute Gasteiger partial charge is 0.392 e. The zero-order valence-electron chi connectivity index (χ0n) is 11.5. The Kier molecular flexibility index (Phi) is 4.22. The summed E-state index contributed by atoms with van der Waals surface area (Å²) < 4.78 is 0. The number of hydrogen-bond donors (Lipinski definition) is 2. The predicted molar refractivity (Wildman–Crippen MR) is 83.6 cm³/mol. The van der Waals surface area contributed by atoms with E-state index in [2.05, 4.69) is 20.2 Å². The quantitative estimate of drug-likeness (QED) is 0.907. The zero-order valence-corrected chi connectivity index (χ0v) is 12.3. The SMILES string of the molecule is OCc1ccnc(NC2CCN(c3ncccc3Cl)C2)c1. The summed E-state index contributed by atoms with van der Waals surface area (Å²) in [4.78, 5) is 10.8. The minimum absolute atomic E-state index is 0.0253. The molecule has 1 unspecified atom stereocenters. The average Bonchev–Trinajstić information content (AvgIpc) is 2.96. The van der Waals surface area contributed by atoms with Crippen molar-refractivity contribution < 1.29 is 5.11 Å². The number of halogens is 1. The van der Waals surface area contributed by atoms with E-state index >= 15 is 0 Å². The van der Waals surface area contributed by atoms with Crippen molar-refractivity contribution in [3.63, 3.8) is 0 Å². The van der Waals surface area contributed by atoms with Gasteiger partial charge in [-0.1, -0.05) is 11.6 Å². The second kappa shape index (κ2) is 6.28. The number of hydrogen-bond acceptors (Lipinski definition) is 5. The minimum Gasteiger partial charge on any atom is -0.392 e. The van der Waals surface area contributed by atoms with Gasteiger partial charge in [0.2, 0.25) is 0 Å². The Balaban J connectivity index is 1.66. The van der Waals surface area contributed by atoms with Gasteiger partial charge in [-0.25, -0.2) is 9.97 Å². The average molecular weight is 305 g/mol. The highest BCUT2D eigenvalue weighted by molar-refractivity contribution is 6.32. The number of aliphatic hydroxyl groups is 1. The van der Waals surface area contributed by atoms with Crippen molar-refractivity contribution in [3.8, 4) is 0 Å². The van der Waals surface area contributed by atoms with Gasteiger partial charge >= 0.3 is 0 Å². The molecule has 1 atom stereocenters. The van der Waals surface area contributed by atoms with Gasteiger partial charge in [0.25, 0.3) is 0 Å². The van der Waals surface area contributed by atoms with Crippen LogP contribution in [0.25, 0.3) is 0 Å². The van der Waals surface area contributed by atoms with E-state index in [0.29, 0.717) is 11.1 Å². The van der Waals surface area contributed by atoms with Gasteiger partial charge in [0, 0.05) is 31.5 Å². The van der Waals surface area contributed by atoms with Crippen LogP contribution in [-0.2, 0) is 6.61 Å². The molecule has 3 heterocycles. The van der Waals surface area contributed by atoms with E-state index < -0.39 is 0 Å². The lowest BCUT2D eigenvalue weighted by Gasteiger charge is -2.19. The van der Waals surface area contributed by atoms with E-state index in [0.717, 1.165) is 36.7 Å². The lowest BCUT2D eigenvalue weighted by atomic mass is 10.2. The summed E-state index contributed by atoms with van der Waals surface area (Å²) in [6.45, 7) is 1.77. The van der Waals surface area contributed by atoms with Gasteiger partial charge in [-0.15, -0.1) is 0 Å². The maximum absolute atomic E-state index is 9.16. The summed E-state index contributed by atoms with van der Waals surface area (Å²) in [7, 11) is 0. The Morgan fingerprint density at radius 2 is 2.24 bits per heavy atom. The molecule has 0 amide bonds. The van der Waals surface area contributed by atoms with Crippen LogP contribution >= 0.6 is 11.6 Å². The molecular formula is C15H17ClN4O. The molecule has 0 aliphatic carbocycles. The van der Waals surface area contributed by atoms with Crippen LogP contribution in [0.1, 0.15) is 12.0 Å². The van der Waals surface area contributed by atoms with E-state index in [1.807, 2.05) is 18.2 Å². The third-order valence-corrected chi connectivity index (χ3v) is 3.88. The van der Waals surface area contributed by atoms with E-state index in [9.17, 15) is 0 Å². The molecule has 3 rings (SSSR count). The maximum Gasteiger partial charge on any atom is 0.147 e.